The lowest BCUT2D eigenvalue weighted by atomic mass is 9.63. The van der Waals surface area contributed by atoms with Gasteiger partial charge in [0.1, 0.15) is 5.75 Å². The van der Waals surface area contributed by atoms with Crippen molar-refractivity contribution in [3.8, 4) is 5.75 Å². The van der Waals surface area contributed by atoms with Gasteiger partial charge in [-0.2, -0.15) is 0 Å². The average Bonchev–Trinajstić information content (AvgIpc) is 2.61. The molecule has 3 atom stereocenters. The van der Waals surface area contributed by atoms with Crippen LogP contribution in [0.3, 0.4) is 0 Å². The molecule has 0 unspecified atom stereocenters. The van der Waals surface area contributed by atoms with E-state index in [0.29, 0.717) is 23.5 Å². The van der Waals surface area contributed by atoms with Crippen LogP contribution in [-0.2, 0) is 4.79 Å². The smallest absolute Gasteiger partial charge is 0.339 e. The second kappa shape index (κ2) is 6.18. The molecule has 128 valence electrons. The van der Waals surface area contributed by atoms with Gasteiger partial charge in [0.15, 0.2) is 0 Å². The summed E-state index contributed by atoms with van der Waals surface area (Å²) >= 11 is 0. The minimum Gasteiger partial charge on any atom is -0.423 e. The Balaban J connectivity index is 1.59. The van der Waals surface area contributed by atoms with Crippen molar-refractivity contribution in [1.29, 1.82) is 0 Å². The zero-order chi connectivity index (χ0) is 17.6. The van der Waals surface area contributed by atoms with E-state index in [0.717, 1.165) is 22.8 Å². The van der Waals surface area contributed by atoms with E-state index < -0.39 is 0 Å². The third-order valence-corrected chi connectivity index (χ3v) is 5.78. The van der Waals surface area contributed by atoms with Crippen molar-refractivity contribution in [2.75, 3.05) is 0 Å². The lowest BCUT2D eigenvalue weighted by molar-refractivity contribution is -0.131. The van der Waals surface area contributed by atoms with Crippen LogP contribution < -0.4 is 4.74 Å². The largest absolute Gasteiger partial charge is 0.423 e. The van der Waals surface area contributed by atoms with Gasteiger partial charge in [-0.25, -0.2) is 4.79 Å². The summed E-state index contributed by atoms with van der Waals surface area (Å²) in [7, 11) is 0. The molecule has 0 radical (unpaired) electrons. The van der Waals surface area contributed by atoms with Gasteiger partial charge in [0.05, 0.1) is 0 Å². The summed E-state index contributed by atoms with van der Waals surface area (Å²) in [4.78, 5) is 12.8. The number of fused-ring (bicyclic) bond motifs is 2. The zero-order valence-electron chi connectivity index (χ0n) is 15.0. The number of benzene rings is 2. The van der Waals surface area contributed by atoms with Crippen LogP contribution in [0.5, 0.6) is 5.75 Å². The van der Waals surface area contributed by atoms with Gasteiger partial charge in [-0.05, 0) is 54.0 Å². The molecule has 0 amide bonds. The van der Waals surface area contributed by atoms with Gasteiger partial charge < -0.3 is 4.74 Å². The van der Waals surface area contributed by atoms with Crippen LogP contribution in [0.15, 0.2) is 65.8 Å². The monoisotopic (exact) mass is 332 g/mol. The van der Waals surface area contributed by atoms with E-state index in [1.54, 1.807) is 0 Å². The Morgan fingerprint density at radius 1 is 1.08 bits per heavy atom. The standard InChI is InChI=1S/C23H24O2/c1-14(2)20-12-18-13-22(21(20)10-15(18)3)23(24)25-19-9-8-16-6-4-5-7-17(16)11-19/h4-11,13-14,18,20-21H,12H2,1-3H3/t18-,20+,21+/m0/s1. The molecular weight excluding hydrogens is 308 g/mol. The Kier molecular flexibility index (Phi) is 3.99. The summed E-state index contributed by atoms with van der Waals surface area (Å²) in [5.74, 6) is 2.09. The van der Waals surface area contributed by atoms with Crippen molar-refractivity contribution in [2.45, 2.75) is 27.2 Å². The first-order valence-corrected chi connectivity index (χ1v) is 9.14. The topological polar surface area (TPSA) is 26.3 Å². The third kappa shape index (κ3) is 2.90. The number of carbonyl (C=O) groups excluding carboxylic acids is 1. The molecule has 2 aromatic rings. The molecular formula is C23H24O2. The zero-order valence-corrected chi connectivity index (χ0v) is 15.0. The fourth-order valence-corrected chi connectivity index (χ4v) is 4.29. The quantitative estimate of drug-likeness (QED) is 0.419. The summed E-state index contributed by atoms with van der Waals surface area (Å²) in [5.41, 5.74) is 2.23. The molecule has 2 bridgehead atoms. The van der Waals surface area contributed by atoms with E-state index in [-0.39, 0.29) is 11.9 Å². The lowest BCUT2D eigenvalue weighted by Gasteiger charge is -2.41. The normalized spacial score (nSPS) is 25.0. The number of hydrogen-bond acceptors (Lipinski definition) is 2. The molecule has 25 heavy (non-hydrogen) atoms. The lowest BCUT2D eigenvalue weighted by Crippen LogP contribution is -2.36. The molecule has 0 aliphatic heterocycles. The van der Waals surface area contributed by atoms with Crippen LogP contribution in [0.1, 0.15) is 27.2 Å². The second-order valence-corrected chi connectivity index (χ2v) is 7.71. The number of rotatable bonds is 3. The summed E-state index contributed by atoms with van der Waals surface area (Å²) in [5, 5.41) is 2.24. The maximum absolute atomic E-state index is 12.8. The maximum Gasteiger partial charge on any atom is 0.339 e. The molecule has 0 heterocycles. The van der Waals surface area contributed by atoms with Crippen LogP contribution in [0.4, 0.5) is 0 Å². The molecule has 5 rings (SSSR count). The van der Waals surface area contributed by atoms with Crippen molar-refractivity contribution >= 4 is 16.7 Å². The second-order valence-electron chi connectivity index (χ2n) is 7.71. The van der Waals surface area contributed by atoms with Gasteiger partial charge in [-0.3, -0.25) is 0 Å². The van der Waals surface area contributed by atoms with Crippen molar-refractivity contribution in [3.05, 3.63) is 65.8 Å². The van der Waals surface area contributed by atoms with Crippen LogP contribution >= 0.6 is 0 Å². The minimum atomic E-state index is -0.195. The number of allylic oxidation sites excluding steroid dienone is 3. The van der Waals surface area contributed by atoms with E-state index in [4.69, 9.17) is 4.74 Å². The molecule has 0 aromatic heterocycles. The van der Waals surface area contributed by atoms with Gasteiger partial charge in [0, 0.05) is 11.5 Å². The predicted molar refractivity (Wildman–Crippen MR) is 101 cm³/mol. The third-order valence-electron chi connectivity index (χ3n) is 5.78. The molecule has 3 aliphatic rings. The summed E-state index contributed by atoms with van der Waals surface area (Å²) in [6.07, 6.45) is 5.58. The van der Waals surface area contributed by atoms with Crippen molar-refractivity contribution in [1.82, 2.24) is 0 Å². The molecule has 0 saturated heterocycles. The Morgan fingerprint density at radius 3 is 2.56 bits per heavy atom. The summed E-state index contributed by atoms with van der Waals surface area (Å²) in [6, 6.07) is 13.9. The van der Waals surface area contributed by atoms with E-state index >= 15 is 0 Å². The Hall–Kier alpha value is -2.35. The van der Waals surface area contributed by atoms with Gasteiger partial charge >= 0.3 is 5.97 Å². The van der Waals surface area contributed by atoms with E-state index in [9.17, 15) is 4.79 Å². The first kappa shape index (κ1) is 16.1. The summed E-state index contributed by atoms with van der Waals surface area (Å²) < 4.78 is 5.74. The minimum absolute atomic E-state index is 0.193. The molecule has 0 spiro atoms. The van der Waals surface area contributed by atoms with E-state index in [2.05, 4.69) is 39.0 Å². The summed E-state index contributed by atoms with van der Waals surface area (Å²) in [6.45, 7) is 6.68. The molecule has 2 aromatic carbocycles. The van der Waals surface area contributed by atoms with E-state index in [1.807, 2.05) is 36.4 Å². The molecule has 0 saturated carbocycles. The molecule has 0 N–H and O–H groups in total. The Bertz CT molecular complexity index is 888. The highest BCUT2D eigenvalue weighted by atomic mass is 16.5. The van der Waals surface area contributed by atoms with Crippen LogP contribution in [-0.4, -0.2) is 5.97 Å². The molecule has 3 aliphatic carbocycles. The van der Waals surface area contributed by atoms with Crippen molar-refractivity contribution < 1.29 is 9.53 Å². The van der Waals surface area contributed by atoms with Crippen LogP contribution in [0.2, 0.25) is 0 Å². The highest BCUT2D eigenvalue weighted by molar-refractivity contribution is 5.93. The van der Waals surface area contributed by atoms with Crippen molar-refractivity contribution in [3.63, 3.8) is 0 Å². The maximum atomic E-state index is 12.8. The number of carbonyl (C=O) groups is 1. The first-order chi connectivity index (χ1) is 12.0. The van der Waals surface area contributed by atoms with Gasteiger partial charge in [-0.15, -0.1) is 0 Å². The number of esters is 1. The predicted octanol–water partition coefficient (Wildman–Crippen LogP) is 5.54. The van der Waals surface area contributed by atoms with Crippen LogP contribution in [0.25, 0.3) is 10.8 Å². The average molecular weight is 332 g/mol. The van der Waals surface area contributed by atoms with E-state index in [1.165, 1.54) is 5.57 Å². The number of ether oxygens (including phenoxy) is 1. The number of hydrogen-bond donors (Lipinski definition) is 0. The fraction of sp³-hybridized carbons (Fsp3) is 0.348. The van der Waals surface area contributed by atoms with Crippen molar-refractivity contribution in [2.24, 2.45) is 23.7 Å². The Labute approximate surface area is 149 Å². The fourth-order valence-electron chi connectivity index (χ4n) is 4.29. The highest BCUT2D eigenvalue weighted by Gasteiger charge is 2.40. The van der Waals surface area contributed by atoms with Gasteiger partial charge in [0.2, 0.25) is 0 Å². The SMILES string of the molecule is CC1=C[C@H]2C(C(=O)Oc3ccc4ccccc4c3)=C[C@@H]1C[C@@H]2C(C)C. The molecule has 0 fully saturated rings. The molecule has 2 nitrogen and oxygen atoms in total. The Morgan fingerprint density at radius 2 is 1.84 bits per heavy atom. The first-order valence-electron chi connectivity index (χ1n) is 9.14. The molecule has 2 heteroatoms. The van der Waals surface area contributed by atoms with Gasteiger partial charge in [-0.1, -0.05) is 61.9 Å². The van der Waals surface area contributed by atoms with Gasteiger partial charge in [0.25, 0.3) is 0 Å². The van der Waals surface area contributed by atoms with Crippen LogP contribution in [0, 0.1) is 23.7 Å². The highest BCUT2D eigenvalue weighted by Crippen LogP contribution is 2.46.